The monoisotopic (exact) mass is 317 g/mol. The van der Waals surface area contributed by atoms with Gasteiger partial charge in [-0.2, -0.15) is 11.8 Å². The average Bonchev–Trinajstić information content (AvgIpc) is 2.91. The van der Waals surface area contributed by atoms with E-state index >= 15 is 0 Å². The molecule has 2 aromatic rings. The highest BCUT2D eigenvalue weighted by Crippen LogP contribution is 2.37. The zero-order valence-electron chi connectivity index (χ0n) is 12.1. The Morgan fingerprint density at radius 3 is 3.00 bits per heavy atom. The van der Waals surface area contributed by atoms with Gasteiger partial charge in [0.05, 0.1) is 11.1 Å². The van der Waals surface area contributed by atoms with E-state index < -0.39 is 0 Å². The molecule has 21 heavy (non-hydrogen) atoms. The molecule has 3 rings (SSSR count). The van der Waals surface area contributed by atoms with Crippen molar-refractivity contribution < 1.29 is 0 Å². The van der Waals surface area contributed by atoms with Gasteiger partial charge in [0.2, 0.25) is 0 Å². The number of nitrogens with zero attached hydrogens (tertiary/aromatic N) is 1. The standard InChI is InChI=1S/C16H19N3S2/c1-16(7-4-8-21-16)10-18-15-12(14(17)20)9-11-5-2-3-6-13(11)19-15/h2-3,5-6,9H,4,7-8,10H2,1H3,(H2,17,20)(H,18,19). The summed E-state index contributed by atoms with van der Waals surface area (Å²) in [6.45, 7) is 3.19. The number of nitrogens with two attached hydrogens (primary N) is 1. The van der Waals surface area contributed by atoms with Gasteiger partial charge in [-0.1, -0.05) is 30.4 Å². The zero-order chi connectivity index (χ0) is 14.9. The third-order valence-corrected chi connectivity index (χ3v) is 5.68. The molecule has 3 N–H and O–H groups in total. The Morgan fingerprint density at radius 2 is 2.29 bits per heavy atom. The fourth-order valence-electron chi connectivity index (χ4n) is 2.69. The summed E-state index contributed by atoms with van der Waals surface area (Å²) in [5.41, 5.74) is 7.66. The number of pyridine rings is 1. The first-order valence-electron chi connectivity index (χ1n) is 7.15. The Kier molecular flexibility index (Phi) is 4.04. The Morgan fingerprint density at radius 1 is 1.48 bits per heavy atom. The van der Waals surface area contributed by atoms with Crippen molar-refractivity contribution in [2.75, 3.05) is 17.6 Å². The second-order valence-corrected chi connectivity index (χ2v) is 7.82. The number of hydrogen-bond donors (Lipinski definition) is 2. The van der Waals surface area contributed by atoms with Crippen molar-refractivity contribution in [1.82, 2.24) is 4.98 Å². The highest BCUT2D eigenvalue weighted by Gasteiger charge is 2.29. The van der Waals surface area contributed by atoms with Crippen LogP contribution in [0.4, 0.5) is 5.82 Å². The highest BCUT2D eigenvalue weighted by molar-refractivity contribution is 8.00. The maximum atomic E-state index is 5.87. The van der Waals surface area contributed by atoms with E-state index in [-0.39, 0.29) is 4.75 Å². The lowest BCUT2D eigenvalue weighted by Crippen LogP contribution is -2.28. The minimum absolute atomic E-state index is 0.279. The summed E-state index contributed by atoms with van der Waals surface area (Å²) in [5.74, 6) is 2.04. The predicted molar refractivity (Wildman–Crippen MR) is 96.2 cm³/mol. The minimum atomic E-state index is 0.279. The van der Waals surface area contributed by atoms with Crippen LogP contribution < -0.4 is 11.1 Å². The molecule has 1 aliphatic rings. The van der Waals surface area contributed by atoms with Crippen molar-refractivity contribution in [2.45, 2.75) is 24.5 Å². The molecule has 1 aromatic carbocycles. The molecule has 110 valence electrons. The number of thiocarbonyl (C=S) groups is 1. The molecule has 1 aliphatic heterocycles. The summed E-state index contributed by atoms with van der Waals surface area (Å²) in [6, 6.07) is 10.1. The van der Waals surface area contributed by atoms with Gasteiger partial charge in [-0.3, -0.25) is 0 Å². The molecular formula is C16H19N3S2. The second kappa shape index (κ2) is 5.81. The predicted octanol–water partition coefficient (Wildman–Crippen LogP) is 3.57. The molecule has 0 saturated carbocycles. The second-order valence-electron chi connectivity index (χ2n) is 5.70. The summed E-state index contributed by atoms with van der Waals surface area (Å²) in [7, 11) is 0. The van der Waals surface area contributed by atoms with Gasteiger partial charge in [-0.25, -0.2) is 4.98 Å². The first-order valence-corrected chi connectivity index (χ1v) is 8.54. The van der Waals surface area contributed by atoms with E-state index in [9.17, 15) is 0 Å². The van der Waals surface area contributed by atoms with Crippen LogP contribution in [-0.4, -0.2) is 27.0 Å². The van der Waals surface area contributed by atoms with E-state index in [2.05, 4.69) is 12.2 Å². The first kappa shape index (κ1) is 14.6. The van der Waals surface area contributed by atoms with E-state index in [4.69, 9.17) is 22.9 Å². The lowest BCUT2D eigenvalue weighted by molar-refractivity contribution is 0.634. The van der Waals surface area contributed by atoms with Gasteiger partial charge in [0.15, 0.2) is 0 Å². The van der Waals surface area contributed by atoms with Crippen molar-refractivity contribution in [2.24, 2.45) is 5.73 Å². The van der Waals surface area contributed by atoms with Crippen LogP contribution in [0.5, 0.6) is 0 Å². The van der Waals surface area contributed by atoms with Crippen molar-refractivity contribution in [3.05, 3.63) is 35.9 Å². The van der Waals surface area contributed by atoms with Crippen LogP contribution in [-0.2, 0) is 0 Å². The van der Waals surface area contributed by atoms with Crippen LogP contribution in [0.3, 0.4) is 0 Å². The highest BCUT2D eigenvalue weighted by atomic mass is 32.2. The third-order valence-electron chi connectivity index (χ3n) is 3.92. The lowest BCUT2D eigenvalue weighted by Gasteiger charge is -2.24. The van der Waals surface area contributed by atoms with Gasteiger partial charge in [-0.05, 0) is 37.7 Å². The third kappa shape index (κ3) is 3.14. The van der Waals surface area contributed by atoms with Crippen molar-refractivity contribution in [1.29, 1.82) is 0 Å². The molecule has 2 heterocycles. The van der Waals surface area contributed by atoms with Gasteiger partial charge >= 0.3 is 0 Å². The lowest BCUT2D eigenvalue weighted by atomic mass is 10.1. The first-order chi connectivity index (χ1) is 10.1. The maximum absolute atomic E-state index is 5.87. The zero-order valence-corrected chi connectivity index (χ0v) is 13.7. The van der Waals surface area contributed by atoms with E-state index in [0.29, 0.717) is 4.99 Å². The number of fused-ring (bicyclic) bond motifs is 1. The smallest absolute Gasteiger partial charge is 0.137 e. The summed E-state index contributed by atoms with van der Waals surface area (Å²) in [4.78, 5) is 5.09. The van der Waals surface area contributed by atoms with Crippen LogP contribution in [0.2, 0.25) is 0 Å². The SMILES string of the molecule is CC1(CNc2nc3ccccc3cc2C(N)=S)CCCS1. The number of benzene rings is 1. The van der Waals surface area contributed by atoms with E-state index in [1.807, 2.05) is 42.1 Å². The topological polar surface area (TPSA) is 50.9 Å². The Balaban J connectivity index is 1.92. The van der Waals surface area contributed by atoms with Gasteiger partial charge in [0, 0.05) is 16.7 Å². The number of thioether (sulfide) groups is 1. The number of hydrogen-bond acceptors (Lipinski definition) is 4. The van der Waals surface area contributed by atoms with Gasteiger partial charge in [0.25, 0.3) is 0 Å². The van der Waals surface area contributed by atoms with Gasteiger partial charge in [0.1, 0.15) is 10.8 Å². The number of rotatable bonds is 4. The molecule has 1 atom stereocenters. The van der Waals surface area contributed by atoms with Crippen LogP contribution in [0.15, 0.2) is 30.3 Å². The molecule has 0 aliphatic carbocycles. The van der Waals surface area contributed by atoms with Crippen molar-refractivity contribution in [3.63, 3.8) is 0 Å². The van der Waals surface area contributed by atoms with Crippen molar-refractivity contribution in [3.8, 4) is 0 Å². The van der Waals surface area contributed by atoms with Gasteiger partial charge < -0.3 is 11.1 Å². The summed E-state index contributed by atoms with van der Waals surface area (Å²) >= 11 is 7.21. The van der Waals surface area contributed by atoms with E-state index in [1.54, 1.807) is 0 Å². The minimum Gasteiger partial charge on any atom is -0.389 e. The fourth-order valence-corrected chi connectivity index (χ4v) is 4.09. The molecule has 1 unspecified atom stereocenters. The number of para-hydroxylation sites is 1. The molecule has 1 fully saturated rings. The molecule has 0 radical (unpaired) electrons. The number of anilines is 1. The molecule has 0 bridgehead atoms. The number of nitrogens with one attached hydrogen (secondary N) is 1. The Labute approximate surface area is 134 Å². The Bertz CT molecular complexity index is 678. The van der Waals surface area contributed by atoms with Crippen molar-refractivity contribution >= 4 is 45.7 Å². The van der Waals surface area contributed by atoms with E-state index in [0.717, 1.165) is 28.8 Å². The molecule has 3 nitrogen and oxygen atoms in total. The van der Waals surface area contributed by atoms with Gasteiger partial charge in [-0.15, -0.1) is 0 Å². The molecular weight excluding hydrogens is 298 g/mol. The van der Waals surface area contributed by atoms with Crippen LogP contribution in [0.1, 0.15) is 25.3 Å². The quantitative estimate of drug-likeness (QED) is 0.844. The molecule has 1 aromatic heterocycles. The Hall–Kier alpha value is -1.33. The average molecular weight is 317 g/mol. The summed E-state index contributed by atoms with van der Waals surface area (Å²) in [5, 5.41) is 4.53. The van der Waals surface area contributed by atoms with E-state index in [1.165, 1.54) is 18.6 Å². The fraction of sp³-hybridized carbons (Fsp3) is 0.375. The maximum Gasteiger partial charge on any atom is 0.137 e. The summed E-state index contributed by atoms with van der Waals surface area (Å²) < 4.78 is 0.279. The largest absolute Gasteiger partial charge is 0.389 e. The number of aromatic nitrogens is 1. The summed E-state index contributed by atoms with van der Waals surface area (Å²) in [6.07, 6.45) is 2.52. The molecule has 0 amide bonds. The molecule has 1 saturated heterocycles. The molecule has 0 spiro atoms. The van der Waals surface area contributed by atoms with Crippen LogP contribution in [0, 0.1) is 0 Å². The van der Waals surface area contributed by atoms with Crippen LogP contribution >= 0.6 is 24.0 Å². The van der Waals surface area contributed by atoms with Crippen LogP contribution in [0.25, 0.3) is 10.9 Å². The molecule has 5 heteroatoms. The normalized spacial score (nSPS) is 21.6.